The molecule has 0 fully saturated rings. The van der Waals surface area contributed by atoms with E-state index < -0.39 is 0 Å². The molecule has 2 rings (SSSR count). The van der Waals surface area contributed by atoms with Crippen molar-refractivity contribution in [3.05, 3.63) is 28.9 Å². The number of amides is 1. The molecule has 3 nitrogen and oxygen atoms in total. The number of nitrogens with zero attached hydrogens (tertiary/aromatic N) is 1. The zero-order valence-electron chi connectivity index (χ0n) is 12.8. The molecule has 5 heteroatoms. The first kappa shape index (κ1) is 15.8. The molecule has 114 valence electrons. The predicted octanol–water partition coefficient (Wildman–Crippen LogP) is 4.13. The van der Waals surface area contributed by atoms with E-state index in [0.717, 1.165) is 0 Å². The van der Waals surface area contributed by atoms with E-state index in [1.807, 2.05) is 13.8 Å². The van der Waals surface area contributed by atoms with Gasteiger partial charge < -0.3 is 10.6 Å². The minimum Gasteiger partial charge on any atom is -0.397 e. The highest BCUT2D eigenvalue weighted by atomic mass is 32.1. The Bertz CT molecular complexity index is 664. The first-order chi connectivity index (χ1) is 9.82. The summed E-state index contributed by atoms with van der Waals surface area (Å²) in [5, 5.41) is 0.360. The van der Waals surface area contributed by atoms with Crippen molar-refractivity contribution in [3.8, 4) is 0 Å². The van der Waals surface area contributed by atoms with Gasteiger partial charge in [-0.25, -0.2) is 4.39 Å². The second-order valence-corrected chi connectivity index (χ2v) is 6.96. The number of carbonyl (C=O) groups is 1. The molecule has 0 aliphatic heterocycles. The third kappa shape index (κ3) is 3.02. The minimum atomic E-state index is -0.375. The lowest BCUT2D eigenvalue weighted by atomic mass is 10.1. The van der Waals surface area contributed by atoms with Crippen LogP contribution in [-0.4, -0.2) is 23.4 Å². The molecule has 0 unspecified atom stereocenters. The van der Waals surface area contributed by atoms with Crippen LogP contribution in [0, 0.1) is 11.7 Å². The summed E-state index contributed by atoms with van der Waals surface area (Å²) in [6.45, 7) is 8.74. The summed E-state index contributed by atoms with van der Waals surface area (Å²) in [5.74, 6) is -0.124. The van der Waals surface area contributed by atoms with Gasteiger partial charge in [0.15, 0.2) is 0 Å². The number of anilines is 1. The van der Waals surface area contributed by atoms with Gasteiger partial charge in [-0.3, -0.25) is 4.79 Å². The number of nitrogens with two attached hydrogens (primary N) is 1. The van der Waals surface area contributed by atoms with Crippen LogP contribution in [-0.2, 0) is 0 Å². The van der Waals surface area contributed by atoms with Crippen LogP contribution < -0.4 is 5.73 Å². The van der Waals surface area contributed by atoms with Crippen molar-refractivity contribution in [1.29, 1.82) is 0 Å². The van der Waals surface area contributed by atoms with Crippen molar-refractivity contribution in [2.24, 2.45) is 5.92 Å². The van der Waals surface area contributed by atoms with Crippen molar-refractivity contribution in [2.45, 2.75) is 33.7 Å². The Labute approximate surface area is 128 Å². The zero-order valence-corrected chi connectivity index (χ0v) is 13.6. The van der Waals surface area contributed by atoms with Crippen LogP contribution in [0.15, 0.2) is 18.2 Å². The van der Waals surface area contributed by atoms with Crippen LogP contribution in [0.3, 0.4) is 0 Å². The molecule has 0 saturated heterocycles. The summed E-state index contributed by atoms with van der Waals surface area (Å²) in [6, 6.07) is 4.87. The summed E-state index contributed by atoms with van der Waals surface area (Å²) >= 11 is 1.26. The molecule has 21 heavy (non-hydrogen) atoms. The SMILES string of the molecule is CC(C)CN(C(=O)c1sc2cccc(F)c2c1N)C(C)C. The van der Waals surface area contributed by atoms with Gasteiger partial charge in [0.1, 0.15) is 10.7 Å². The van der Waals surface area contributed by atoms with Gasteiger partial charge in [-0.05, 0) is 31.9 Å². The molecule has 0 aliphatic rings. The van der Waals surface area contributed by atoms with Crippen molar-refractivity contribution in [2.75, 3.05) is 12.3 Å². The highest BCUT2D eigenvalue weighted by molar-refractivity contribution is 7.21. The zero-order chi connectivity index (χ0) is 15.7. The van der Waals surface area contributed by atoms with E-state index in [1.54, 1.807) is 17.0 Å². The van der Waals surface area contributed by atoms with Gasteiger partial charge in [0.2, 0.25) is 0 Å². The van der Waals surface area contributed by atoms with E-state index >= 15 is 0 Å². The molecule has 2 aromatic rings. The molecule has 1 aromatic carbocycles. The number of nitrogen functional groups attached to an aromatic ring is 1. The number of hydrogen-bond acceptors (Lipinski definition) is 3. The number of halogens is 1. The quantitative estimate of drug-likeness (QED) is 0.923. The molecule has 0 aliphatic carbocycles. The van der Waals surface area contributed by atoms with E-state index in [1.165, 1.54) is 17.4 Å². The summed E-state index contributed by atoms with van der Waals surface area (Å²) in [6.07, 6.45) is 0. The highest BCUT2D eigenvalue weighted by Crippen LogP contribution is 2.36. The molecule has 0 spiro atoms. The predicted molar refractivity (Wildman–Crippen MR) is 87.2 cm³/mol. The largest absolute Gasteiger partial charge is 0.397 e. The normalized spacial score (nSPS) is 11.6. The number of fused-ring (bicyclic) bond motifs is 1. The van der Waals surface area contributed by atoms with Gasteiger partial charge in [0.25, 0.3) is 5.91 Å². The van der Waals surface area contributed by atoms with Crippen LogP contribution in [0.4, 0.5) is 10.1 Å². The Kier molecular flexibility index (Phi) is 4.52. The van der Waals surface area contributed by atoms with Gasteiger partial charge in [-0.15, -0.1) is 11.3 Å². The number of rotatable bonds is 4. The molecule has 0 radical (unpaired) electrons. The lowest BCUT2D eigenvalue weighted by Crippen LogP contribution is -2.39. The average molecular weight is 308 g/mol. The Balaban J connectivity index is 2.47. The first-order valence-electron chi connectivity index (χ1n) is 7.10. The molecular formula is C16H21FN2OS. The van der Waals surface area contributed by atoms with E-state index in [9.17, 15) is 9.18 Å². The van der Waals surface area contributed by atoms with Crippen LogP contribution in [0.5, 0.6) is 0 Å². The molecule has 1 amide bonds. The van der Waals surface area contributed by atoms with Crippen LogP contribution in [0.2, 0.25) is 0 Å². The smallest absolute Gasteiger partial charge is 0.266 e. The number of thiophene rings is 1. The van der Waals surface area contributed by atoms with Gasteiger partial charge in [0.05, 0.1) is 11.1 Å². The maximum Gasteiger partial charge on any atom is 0.266 e. The maximum absolute atomic E-state index is 13.9. The van der Waals surface area contributed by atoms with Crippen LogP contribution in [0.1, 0.15) is 37.4 Å². The Hall–Kier alpha value is -1.62. The Morgan fingerprint density at radius 3 is 2.52 bits per heavy atom. The molecule has 0 atom stereocenters. The topological polar surface area (TPSA) is 46.3 Å². The number of benzene rings is 1. The monoisotopic (exact) mass is 308 g/mol. The van der Waals surface area contributed by atoms with Crippen molar-refractivity contribution < 1.29 is 9.18 Å². The van der Waals surface area contributed by atoms with E-state index in [-0.39, 0.29) is 23.5 Å². The summed E-state index contributed by atoms with van der Waals surface area (Å²) < 4.78 is 14.6. The van der Waals surface area contributed by atoms with Gasteiger partial charge >= 0.3 is 0 Å². The number of hydrogen-bond donors (Lipinski definition) is 1. The fraction of sp³-hybridized carbons (Fsp3) is 0.438. The molecular weight excluding hydrogens is 287 g/mol. The maximum atomic E-state index is 13.9. The Morgan fingerprint density at radius 2 is 2.00 bits per heavy atom. The lowest BCUT2D eigenvalue weighted by molar-refractivity contribution is 0.0688. The molecule has 0 saturated carbocycles. The van der Waals surface area contributed by atoms with E-state index in [4.69, 9.17) is 5.73 Å². The number of carbonyl (C=O) groups excluding carboxylic acids is 1. The molecule has 2 N–H and O–H groups in total. The van der Waals surface area contributed by atoms with Crippen molar-refractivity contribution in [1.82, 2.24) is 4.90 Å². The van der Waals surface area contributed by atoms with Crippen LogP contribution >= 0.6 is 11.3 Å². The molecule has 0 bridgehead atoms. The van der Waals surface area contributed by atoms with E-state index in [0.29, 0.717) is 27.4 Å². The highest BCUT2D eigenvalue weighted by Gasteiger charge is 2.25. The Morgan fingerprint density at radius 1 is 1.33 bits per heavy atom. The third-order valence-corrected chi connectivity index (χ3v) is 4.50. The van der Waals surface area contributed by atoms with Crippen molar-refractivity contribution >= 4 is 33.0 Å². The molecule has 1 heterocycles. The summed E-state index contributed by atoms with van der Waals surface area (Å²) in [4.78, 5) is 15.0. The van der Waals surface area contributed by atoms with E-state index in [2.05, 4.69) is 13.8 Å². The first-order valence-corrected chi connectivity index (χ1v) is 7.92. The minimum absolute atomic E-state index is 0.0781. The second kappa shape index (κ2) is 6.02. The molecule has 1 aromatic heterocycles. The van der Waals surface area contributed by atoms with Gasteiger partial charge in [-0.2, -0.15) is 0 Å². The average Bonchev–Trinajstić information content (AvgIpc) is 2.73. The standard InChI is InChI=1S/C16H21FN2OS/c1-9(2)8-19(10(3)4)16(20)15-14(18)13-11(17)6-5-7-12(13)21-15/h5-7,9-10H,8,18H2,1-4H3. The fourth-order valence-corrected chi connectivity index (χ4v) is 3.43. The summed E-state index contributed by atoms with van der Waals surface area (Å²) in [5.41, 5.74) is 6.29. The second-order valence-electron chi connectivity index (χ2n) is 5.90. The van der Waals surface area contributed by atoms with Crippen LogP contribution in [0.25, 0.3) is 10.1 Å². The third-order valence-electron chi connectivity index (χ3n) is 3.34. The van der Waals surface area contributed by atoms with Gasteiger partial charge in [-0.1, -0.05) is 19.9 Å². The van der Waals surface area contributed by atoms with Gasteiger partial charge in [0, 0.05) is 17.3 Å². The van der Waals surface area contributed by atoms with Crippen molar-refractivity contribution in [3.63, 3.8) is 0 Å². The fourth-order valence-electron chi connectivity index (χ4n) is 2.34. The lowest BCUT2D eigenvalue weighted by Gasteiger charge is -2.28. The summed E-state index contributed by atoms with van der Waals surface area (Å²) in [7, 11) is 0.